The molecule has 0 radical (unpaired) electrons. The van der Waals surface area contributed by atoms with Gasteiger partial charge < -0.3 is 15.4 Å². The molecule has 5 nitrogen and oxygen atoms in total. The van der Waals surface area contributed by atoms with Crippen molar-refractivity contribution in [3.63, 3.8) is 0 Å². The van der Waals surface area contributed by atoms with Gasteiger partial charge in [-0.15, -0.1) is 11.3 Å². The second kappa shape index (κ2) is 10.7. The molecular weight excluding hydrogens is 396 g/mol. The summed E-state index contributed by atoms with van der Waals surface area (Å²) in [6, 6.07) is 18.9. The van der Waals surface area contributed by atoms with E-state index >= 15 is 0 Å². The van der Waals surface area contributed by atoms with Crippen LogP contribution in [0, 0.1) is 0 Å². The lowest BCUT2D eigenvalue weighted by Gasteiger charge is -2.09. The van der Waals surface area contributed by atoms with E-state index in [0.29, 0.717) is 30.1 Å². The third-order valence-corrected chi connectivity index (χ3v) is 5.34. The minimum Gasteiger partial charge on any atom is -0.374 e. The number of carbonyl (C=O) groups is 2. The first-order chi connectivity index (χ1) is 14.5. The molecule has 0 bridgehead atoms. The summed E-state index contributed by atoms with van der Waals surface area (Å²) < 4.78 is 5.59. The van der Waals surface area contributed by atoms with Crippen LogP contribution in [0.25, 0.3) is 0 Å². The molecule has 6 heteroatoms. The number of ether oxygens (including phenoxy) is 1. The summed E-state index contributed by atoms with van der Waals surface area (Å²) in [5.74, 6) is -0.218. The molecule has 2 aromatic carbocycles. The monoisotopic (exact) mass is 422 g/mol. The van der Waals surface area contributed by atoms with Crippen LogP contribution in [0.15, 0.2) is 66.0 Å². The van der Waals surface area contributed by atoms with Gasteiger partial charge in [-0.1, -0.05) is 42.5 Å². The Kier molecular flexibility index (Phi) is 7.76. The molecule has 2 N–H and O–H groups in total. The van der Waals surface area contributed by atoms with Crippen molar-refractivity contribution < 1.29 is 14.3 Å². The zero-order valence-electron chi connectivity index (χ0n) is 17.2. The van der Waals surface area contributed by atoms with Crippen LogP contribution in [0.2, 0.25) is 0 Å². The molecular formula is C24H26N2O3S. The lowest BCUT2D eigenvalue weighted by molar-refractivity contribution is 0.0657. The van der Waals surface area contributed by atoms with Crippen LogP contribution >= 0.6 is 11.3 Å². The van der Waals surface area contributed by atoms with Crippen LogP contribution in [-0.4, -0.2) is 17.9 Å². The van der Waals surface area contributed by atoms with Gasteiger partial charge >= 0.3 is 0 Å². The van der Waals surface area contributed by atoms with Crippen molar-refractivity contribution >= 4 is 23.2 Å². The normalized spacial score (nSPS) is 10.8. The summed E-state index contributed by atoms with van der Waals surface area (Å²) >= 11 is 1.41. The van der Waals surface area contributed by atoms with Gasteiger partial charge in [0.2, 0.25) is 0 Å². The number of amides is 2. The van der Waals surface area contributed by atoms with Gasteiger partial charge in [0.15, 0.2) is 0 Å². The summed E-state index contributed by atoms with van der Waals surface area (Å²) in [6.45, 7) is 5.49. The summed E-state index contributed by atoms with van der Waals surface area (Å²) in [5.41, 5.74) is 3.67. The number of carbonyl (C=O) groups excluding carboxylic acids is 2. The zero-order valence-corrected chi connectivity index (χ0v) is 18.0. The van der Waals surface area contributed by atoms with E-state index in [1.165, 1.54) is 11.3 Å². The van der Waals surface area contributed by atoms with Gasteiger partial charge in [-0.3, -0.25) is 9.59 Å². The van der Waals surface area contributed by atoms with E-state index < -0.39 is 0 Å². The maximum absolute atomic E-state index is 12.4. The van der Waals surface area contributed by atoms with Crippen LogP contribution in [0.4, 0.5) is 0 Å². The predicted molar refractivity (Wildman–Crippen MR) is 119 cm³/mol. The molecule has 0 atom stereocenters. The van der Waals surface area contributed by atoms with E-state index in [2.05, 4.69) is 10.6 Å². The van der Waals surface area contributed by atoms with E-state index in [0.717, 1.165) is 16.7 Å². The summed E-state index contributed by atoms with van der Waals surface area (Å²) in [5, 5.41) is 7.69. The Balaban J connectivity index is 1.45. The van der Waals surface area contributed by atoms with Gasteiger partial charge in [0.1, 0.15) is 0 Å². The highest BCUT2D eigenvalue weighted by molar-refractivity contribution is 7.12. The molecule has 0 aliphatic heterocycles. The third kappa shape index (κ3) is 6.54. The van der Waals surface area contributed by atoms with Gasteiger partial charge in [0.25, 0.3) is 11.8 Å². The second-order valence-corrected chi connectivity index (χ2v) is 8.16. The Morgan fingerprint density at radius 3 is 1.97 bits per heavy atom. The fourth-order valence-corrected chi connectivity index (χ4v) is 3.39. The Morgan fingerprint density at radius 1 is 0.833 bits per heavy atom. The molecule has 0 saturated heterocycles. The molecule has 3 rings (SSSR count). The van der Waals surface area contributed by atoms with Gasteiger partial charge in [-0.05, 0) is 54.1 Å². The average molecular weight is 423 g/mol. The maximum Gasteiger partial charge on any atom is 0.261 e. The minimum atomic E-state index is -0.128. The number of benzene rings is 2. The highest BCUT2D eigenvalue weighted by atomic mass is 32.1. The Labute approximate surface area is 181 Å². The molecule has 0 aliphatic carbocycles. The van der Waals surface area contributed by atoms with Crippen molar-refractivity contribution in [2.24, 2.45) is 0 Å². The van der Waals surface area contributed by atoms with Crippen LogP contribution in [-0.2, 0) is 24.4 Å². The first-order valence-electron chi connectivity index (χ1n) is 9.89. The Hall–Kier alpha value is -2.96. The molecule has 0 saturated carbocycles. The summed E-state index contributed by atoms with van der Waals surface area (Å²) in [6.07, 6.45) is 0.201. The quantitative estimate of drug-likeness (QED) is 0.532. The molecule has 3 aromatic rings. The standard InChI is InChI=1S/C24H26N2O3S/c1-17(2)29-16-20-7-5-18(6-8-20)14-25-23(27)21-11-9-19(10-12-21)15-26-24(28)22-4-3-13-30-22/h3-13,17H,14-16H2,1-2H3,(H,25,27)(H,26,28). The lowest BCUT2D eigenvalue weighted by Crippen LogP contribution is -2.23. The van der Waals surface area contributed by atoms with E-state index in [-0.39, 0.29) is 17.9 Å². The molecule has 1 aromatic heterocycles. The van der Waals surface area contributed by atoms with Crippen molar-refractivity contribution in [2.45, 2.75) is 39.6 Å². The predicted octanol–water partition coefficient (Wildman–Crippen LogP) is 4.53. The van der Waals surface area contributed by atoms with Crippen LogP contribution in [0.5, 0.6) is 0 Å². The highest BCUT2D eigenvalue weighted by Crippen LogP contribution is 2.10. The molecule has 1 heterocycles. The number of hydrogen-bond donors (Lipinski definition) is 2. The smallest absolute Gasteiger partial charge is 0.261 e. The van der Waals surface area contributed by atoms with E-state index in [1.807, 2.05) is 61.7 Å². The van der Waals surface area contributed by atoms with Crippen LogP contribution in [0.1, 0.15) is 50.6 Å². The van der Waals surface area contributed by atoms with Gasteiger partial charge in [0, 0.05) is 18.7 Å². The molecule has 0 unspecified atom stereocenters. The SMILES string of the molecule is CC(C)OCc1ccc(CNC(=O)c2ccc(CNC(=O)c3cccs3)cc2)cc1. The lowest BCUT2D eigenvalue weighted by atomic mass is 10.1. The fourth-order valence-electron chi connectivity index (χ4n) is 2.75. The zero-order chi connectivity index (χ0) is 21.3. The Morgan fingerprint density at radius 2 is 1.40 bits per heavy atom. The minimum absolute atomic E-state index is 0.0893. The number of thiophene rings is 1. The molecule has 0 fully saturated rings. The highest BCUT2D eigenvalue weighted by Gasteiger charge is 2.08. The first kappa shape index (κ1) is 21.7. The molecule has 30 heavy (non-hydrogen) atoms. The van der Waals surface area contributed by atoms with Gasteiger partial charge in [-0.2, -0.15) is 0 Å². The van der Waals surface area contributed by atoms with Crippen LogP contribution < -0.4 is 10.6 Å². The van der Waals surface area contributed by atoms with Crippen molar-refractivity contribution in [1.29, 1.82) is 0 Å². The average Bonchev–Trinajstić information content (AvgIpc) is 3.30. The summed E-state index contributed by atoms with van der Waals surface area (Å²) in [7, 11) is 0. The van der Waals surface area contributed by atoms with Crippen LogP contribution in [0.3, 0.4) is 0 Å². The van der Waals surface area contributed by atoms with Gasteiger partial charge in [0.05, 0.1) is 17.6 Å². The number of nitrogens with one attached hydrogen (secondary N) is 2. The molecule has 156 valence electrons. The number of rotatable bonds is 9. The van der Waals surface area contributed by atoms with Gasteiger partial charge in [-0.25, -0.2) is 0 Å². The topological polar surface area (TPSA) is 67.4 Å². The summed E-state index contributed by atoms with van der Waals surface area (Å²) in [4.78, 5) is 25.1. The maximum atomic E-state index is 12.4. The van der Waals surface area contributed by atoms with E-state index in [4.69, 9.17) is 4.74 Å². The van der Waals surface area contributed by atoms with E-state index in [1.54, 1.807) is 18.2 Å². The third-order valence-electron chi connectivity index (χ3n) is 4.47. The number of hydrogen-bond acceptors (Lipinski definition) is 4. The molecule has 0 spiro atoms. The van der Waals surface area contributed by atoms with Crippen molar-refractivity contribution in [2.75, 3.05) is 0 Å². The van der Waals surface area contributed by atoms with E-state index in [9.17, 15) is 9.59 Å². The molecule has 0 aliphatic rings. The Bertz CT molecular complexity index is 949. The molecule has 2 amide bonds. The fraction of sp³-hybridized carbons (Fsp3) is 0.250. The van der Waals surface area contributed by atoms with Crippen molar-refractivity contribution in [3.05, 3.63) is 93.2 Å². The van der Waals surface area contributed by atoms with Crippen molar-refractivity contribution in [3.8, 4) is 0 Å². The van der Waals surface area contributed by atoms with Crippen molar-refractivity contribution in [1.82, 2.24) is 10.6 Å². The first-order valence-corrected chi connectivity index (χ1v) is 10.8. The second-order valence-electron chi connectivity index (χ2n) is 7.22. The largest absolute Gasteiger partial charge is 0.374 e.